The van der Waals surface area contributed by atoms with E-state index in [-0.39, 0.29) is 31.0 Å². The minimum atomic E-state index is -0.642. The maximum Gasteiger partial charge on any atom is 0.261 e. The van der Waals surface area contributed by atoms with Gasteiger partial charge in [-0.1, -0.05) is 52.1 Å². The van der Waals surface area contributed by atoms with Gasteiger partial charge < -0.3 is 15.0 Å². The summed E-state index contributed by atoms with van der Waals surface area (Å²) in [6.45, 7) is 9.60. The predicted molar refractivity (Wildman–Crippen MR) is 133 cm³/mol. The average Bonchev–Trinajstić information content (AvgIpc) is 2.72. The van der Waals surface area contributed by atoms with Gasteiger partial charge in [-0.2, -0.15) is 0 Å². The van der Waals surface area contributed by atoms with Crippen molar-refractivity contribution in [3.8, 4) is 5.75 Å². The van der Waals surface area contributed by atoms with Crippen molar-refractivity contribution in [1.82, 2.24) is 10.2 Å². The molecule has 1 atom stereocenters. The molecule has 0 aromatic heterocycles. The summed E-state index contributed by atoms with van der Waals surface area (Å²) in [4.78, 5) is 27.6. The first-order chi connectivity index (χ1) is 15.0. The Morgan fingerprint density at radius 3 is 2.25 bits per heavy atom. The molecule has 0 saturated carbocycles. The Labute approximate surface area is 208 Å². The number of benzene rings is 2. The van der Waals surface area contributed by atoms with Crippen LogP contribution in [0.2, 0.25) is 10.0 Å². The molecule has 0 radical (unpaired) electrons. The zero-order valence-corrected chi connectivity index (χ0v) is 22.1. The Balaban J connectivity index is 2.27. The average molecular weight is 544 g/mol. The molecule has 1 N–H and O–H groups in total. The Morgan fingerprint density at radius 2 is 1.72 bits per heavy atom. The number of carbonyl (C=O) groups excluding carboxylic acids is 2. The van der Waals surface area contributed by atoms with Crippen LogP contribution in [0.3, 0.4) is 0 Å². The quantitative estimate of drug-likeness (QED) is 0.416. The van der Waals surface area contributed by atoms with Gasteiger partial charge in [-0.15, -0.1) is 0 Å². The fraction of sp³-hybridized carbons (Fsp3) is 0.417. The van der Waals surface area contributed by atoms with E-state index >= 15 is 0 Å². The highest BCUT2D eigenvalue weighted by Gasteiger charge is 2.29. The van der Waals surface area contributed by atoms with Gasteiger partial charge in [0.15, 0.2) is 6.61 Å². The summed E-state index contributed by atoms with van der Waals surface area (Å²) in [5.74, 6) is 0.108. The smallest absolute Gasteiger partial charge is 0.261 e. The Bertz CT molecular complexity index is 959. The molecule has 0 aliphatic rings. The summed E-state index contributed by atoms with van der Waals surface area (Å²) in [5, 5.41) is 3.73. The normalized spacial score (nSPS) is 11.9. The SMILES string of the molecule is CC[C@H](C(=O)NC(C)C)N(Cc1ccc(Cl)c(Cl)c1)C(=O)COc1cc(C)c(Br)c(C)c1. The summed E-state index contributed by atoms with van der Waals surface area (Å²) in [6.07, 6.45) is 0.460. The van der Waals surface area contributed by atoms with Crippen LogP contribution in [0.25, 0.3) is 0 Å². The number of nitrogens with zero attached hydrogens (tertiary/aromatic N) is 1. The largest absolute Gasteiger partial charge is 0.484 e. The second-order valence-corrected chi connectivity index (χ2v) is 9.62. The molecule has 0 spiro atoms. The van der Waals surface area contributed by atoms with Crippen molar-refractivity contribution in [1.29, 1.82) is 0 Å². The minimum absolute atomic E-state index is 0.0385. The van der Waals surface area contributed by atoms with Crippen LogP contribution >= 0.6 is 39.1 Å². The van der Waals surface area contributed by atoms with Gasteiger partial charge in [-0.25, -0.2) is 0 Å². The second kappa shape index (κ2) is 11.9. The first kappa shape index (κ1) is 26.5. The van der Waals surface area contributed by atoms with Crippen molar-refractivity contribution in [2.75, 3.05) is 6.61 Å². The van der Waals surface area contributed by atoms with E-state index in [4.69, 9.17) is 27.9 Å². The number of halogens is 3. The van der Waals surface area contributed by atoms with E-state index in [1.165, 1.54) is 4.90 Å². The lowest BCUT2D eigenvalue weighted by Gasteiger charge is -2.31. The summed E-state index contributed by atoms with van der Waals surface area (Å²) >= 11 is 15.7. The molecule has 8 heteroatoms. The zero-order valence-electron chi connectivity index (χ0n) is 19.0. The van der Waals surface area contributed by atoms with E-state index in [0.717, 1.165) is 21.2 Å². The number of amides is 2. The van der Waals surface area contributed by atoms with Crippen LogP contribution in [0.1, 0.15) is 43.9 Å². The molecular formula is C24H29BrCl2N2O3. The van der Waals surface area contributed by atoms with Crippen LogP contribution in [-0.4, -0.2) is 35.4 Å². The van der Waals surface area contributed by atoms with E-state index in [2.05, 4.69) is 21.2 Å². The zero-order chi connectivity index (χ0) is 24.0. The van der Waals surface area contributed by atoms with Gasteiger partial charge in [0.25, 0.3) is 5.91 Å². The van der Waals surface area contributed by atoms with Crippen molar-refractivity contribution in [3.05, 3.63) is 61.5 Å². The number of hydrogen-bond acceptors (Lipinski definition) is 3. The van der Waals surface area contributed by atoms with Gasteiger partial charge in [0, 0.05) is 17.1 Å². The molecule has 0 saturated heterocycles. The number of hydrogen-bond donors (Lipinski definition) is 1. The fourth-order valence-electron chi connectivity index (χ4n) is 3.35. The lowest BCUT2D eigenvalue weighted by atomic mass is 10.1. The van der Waals surface area contributed by atoms with E-state index in [1.54, 1.807) is 18.2 Å². The molecule has 0 aliphatic carbocycles. The number of ether oxygens (including phenoxy) is 1. The molecule has 0 fully saturated rings. The van der Waals surface area contributed by atoms with Crippen LogP contribution in [0.4, 0.5) is 0 Å². The van der Waals surface area contributed by atoms with Crippen molar-refractivity contribution < 1.29 is 14.3 Å². The van der Waals surface area contributed by atoms with Crippen LogP contribution in [0.5, 0.6) is 5.75 Å². The van der Waals surface area contributed by atoms with Crippen LogP contribution in [-0.2, 0) is 16.1 Å². The summed E-state index contributed by atoms with van der Waals surface area (Å²) < 4.78 is 6.82. The Kier molecular flexibility index (Phi) is 9.86. The summed E-state index contributed by atoms with van der Waals surface area (Å²) in [7, 11) is 0. The van der Waals surface area contributed by atoms with E-state index in [9.17, 15) is 9.59 Å². The Morgan fingerprint density at radius 1 is 1.09 bits per heavy atom. The molecule has 2 amide bonds. The third-order valence-corrected chi connectivity index (χ3v) is 6.92. The molecule has 2 aromatic rings. The molecule has 2 rings (SSSR count). The molecule has 0 heterocycles. The standard InChI is InChI=1S/C24H29BrCl2N2O3/c1-6-21(24(31)28-14(2)3)29(12-17-7-8-19(26)20(27)11-17)22(30)13-32-18-9-15(4)23(25)16(5)10-18/h7-11,14,21H,6,12-13H2,1-5H3,(H,28,31)/t21-/m1/s1. The summed E-state index contributed by atoms with van der Waals surface area (Å²) in [6, 6.07) is 8.25. The van der Waals surface area contributed by atoms with Crippen molar-refractivity contribution >= 4 is 50.9 Å². The molecule has 2 aromatic carbocycles. The molecule has 32 heavy (non-hydrogen) atoms. The number of nitrogens with one attached hydrogen (secondary N) is 1. The van der Waals surface area contributed by atoms with Gasteiger partial charge in [-0.05, 0) is 75.1 Å². The first-order valence-corrected chi connectivity index (χ1v) is 12.0. The van der Waals surface area contributed by atoms with Gasteiger partial charge in [0.2, 0.25) is 5.91 Å². The van der Waals surface area contributed by atoms with E-state index < -0.39 is 6.04 Å². The molecule has 0 unspecified atom stereocenters. The predicted octanol–water partition coefficient (Wildman–Crippen LogP) is 6.08. The topological polar surface area (TPSA) is 58.6 Å². The monoisotopic (exact) mass is 542 g/mol. The molecule has 174 valence electrons. The lowest BCUT2D eigenvalue weighted by Crippen LogP contribution is -2.51. The van der Waals surface area contributed by atoms with E-state index in [0.29, 0.717) is 22.2 Å². The molecular weight excluding hydrogens is 515 g/mol. The Hall–Kier alpha value is -1.76. The molecule has 0 bridgehead atoms. The molecule has 0 aliphatic heterocycles. The van der Waals surface area contributed by atoms with Gasteiger partial charge >= 0.3 is 0 Å². The maximum atomic E-state index is 13.3. The van der Waals surface area contributed by atoms with Gasteiger partial charge in [0.05, 0.1) is 10.0 Å². The second-order valence-electron chi connectivity index (χ2n) is 8.02. The van der Waals surface area contributed by atoms with Crippen molar-refractivity contribution in [3.63, 3.8) is 0 Å². The number of carbonyl (C=O) groups is 2. The van der Waals surface area contributed by atoms with Crippen LogP contribution in [0, 0.1) is 13.8 Å². The number of aryl methyl sites for hydroxylation is 2. The van der Waals surface area contributed by atoms with Gasteiger partial charge in [-0.3, -0.25) is 9.59 Å². The fourth-order valence-corrected chi connectivity index (χ4v) is 3.90. The van der Waals surface area contributed by atoms with Crippen molar-refractivity contribution in [2.45, 2.75) is 59.7 Å². The minimum Gasteiger partial charge on any atom is -0.484 e. The van der Waals surface area contributed by atoms with E-state index in [1.807, 2.05) is 46.8 Å². The van der Waals surface area contributed by atoms with Gasteiger partial charge in [0.1, 0.15) is 11.8 Å². The maximum absolute atomic E-state index is 13.3. The highest BCUT2D eigenvalue weighted by atomic mass is 79.9. The van der Waals surface area contributed by atoms with Crippen LogP contribution < -0.4 is 10.1 Å². The molecule has 5 nitrogen and oxygen atoms in total. The van der Waals surface area contributed by atoms with Crippen molar-refractivity contribution in [2.24, 2.45) is 0 Å². The third kappa shape index (κ3) is 7.12. The number of rotatable bonds is 9. The highest BCUT2D eigenvalue weighted by molar-refractivity contribution is 9.10. The summed E-state index contributed by atoms with van der Waals surface area (Å²) in [5.41, 5.74) is 2.81. The third-order valence-electron chi connectivity index (χ3n) is 4.93. The highest BCUT2D eigenvalue weighted by Crippen LogP contribution is 2.27. The first-order valence-electron chi connectivity index (χ1n) is 10.5. The van der Waals surface area contributed by atoms with Crippen LogP contribution in [0.15, 0.2) is 34.8 Å². The lowest BCUT2D eigenvalue weighted by molar-refractivity contribution is -0.143.